The van der Waals surface area contributed by atoms with Crippen LogP contribution >= 0.6 is 15.9 Å². The fraction of sp³-hybridized carbons (Fsp3) is 0.389. The van der Waals surface area contributed by atoms with Crippen LogP contribution in [0.2, 0.25) is 0 Å². The lowest BCUT2D eigenvalue weighted by Crippen LogP contribution is -2.47. The Labute approximate surface area is 149 Å². The number of piperidine rings is 1. The highest BCUT2D eigenvalue weighted by atomic mass is 79.9. The Bertz CT molecular complexity index is 701. The quantitative estimate of drug-likeness (QED) is 0.843. The molecule has 128 valence electrons. The van der Waals surface area contributed by atoms with E-state index in [1.807, 2.05) is 29.2 Å². The maximum atomic E-state index is 12.6. The fourth-order valence-corrected chi connectivity index (χ4v) is 3.31. The van der Waals surface area contributed by atoms with E-state index in [4.69, 9.17) is 14.9 Å². The summed E-state index contributed by atoms with van der Waals surface area (Å²) in [6.45, 7) is 1.51. The Morgan fingerprint density at radius 2 is 2.21 bits per heavy atom. The van der Waals surface area contributed by atoms with Crippen LogP contribution in [-0.2, 0) is 6.61 Å². The first kappa shape index (κ1) is 17.0. The molecule has 1 aliphatic heterocycles. The Balaban J connectivity index is 1.63. The van der Waals surface area contributed by atoms with Crippen LogP contribution in [0.25, 0.3) is 0 Å². The highest BCUT2D eigenvalue weighted by Gasteiger charge is 2.28. The minimum Gasteiger partial charge on any atom is -0.486 e. The number of nitrogens with two attached hydrogens (primary N) is 1. The van der Waals surface area contributed by atoms with Crippen molar-refractivity contribution < 1.29 is 13.9 Å². The number of rotatable bonds is 5. The van der Waals surface area contributed by atoms with Gasteiger partial charge in [-0.05, 0) is 49.6 Å². The van der Waals surface area contributed by atoms with Gasteiger partial charge in [0.15, 0.2) is 5.76 Å². The first-order valence-corrected chi connectivity index (χ1v) is 8.95. The van der Waals surface area contributed by atoms with Gasteiger partial charge in [0, 0.05) is 23.6 Å². The van der Waals surface area contributed by atoms with E-state index < -0.39 is 0 Å². The van der Waals surface area contributed by atoms with E-state index in [1.54, 1.807) is 12.1 Å². The van der Waals surface area contributed by atoms with Gasteiger partial charge in [-0.25, -0.2) is 0 Å². The highest BCUT2D eigenvalue weighted by molar-refractivity contribution is 9.10. The second kappa shape index (κ2) is 7.85. The van der Waals surface area contributed by atoms with E-state index in [2.05, 4.69) is 15.9 Å². The van der Waals surface area contributed by atoms with Crippen LogP contribution in [0.4, 0.5) is 0 Å². The number of likely N-dealkylation sites (tertiary alicyclic amines) is 1. The van der Waals surface area contributed by atoms with Crippen molar-refractivity contribution in [3.63, 3.8) is 0 Å². The van der Waals surface area contributed by atoms with Crippen LogP contribution in [0, 0.1) is 0 Å². The molecule has 1 aromatic carbocycles. The molecule has 2 N–H and O–H groups in total. The molecule has 0 saturated carbocycles. The molecule has 5 nitrogen and oxygen atoms in total. The average Bonchev–Trinajstić information content (AvgIpc) is 3.08. The number of halogens is 1. The van der Waals surface area contributed by atoms with Crippen LogP contribution in [0.1, 0.15) is 35.6 Å². The largest absolute Gasteiger partial charge is 0.486 e. The predicted octanol–water partition coefficient (Wildman–Crippen LogP) is 3.57. The van der Waals surface area contributed by atoms with E-state index in [-0.39, 0.29) is 18.6 Å². The zero-order valence-electron chi connectivity index (χ0n) is 13.4. The van der Waals surface area contributed by atoms with E-state index in [1.165, 1.54) is 0 Å². The van der Waals surface area contributed by atoms with Crippen LogP contribution < -0.4 is 10.5 Å². The number of benzene rings is 1. The summed E-state index contributed by atoms with van der Waals surface area (Å²) in [5.41, 5.74) is 5.79. The van der Waals surface area contributed by atoms with Gasteiger partial charge in [-0.2, -0.15) is 0 Å². The standard InChI is InChI=1S/C18H21BrN2O3/c19-13-4-3-6-15(10-13)23-12-16-7-8-17(24-16)18(22)21-9-2-1-5-14(21)11-20/h3-4,6-8,10,14H,1-2,5,9,11-12,20H2. The Morgan fingerprint density at radius 3 is 3.00 bits per heavy atom. The second-order valence-corrected chi connectivity index (χ2v) is 6.81. The lowest BCUT2D eigenvalue weighted by molar-refractivity contribution is 0.0587. The number of carbonyl (C=O) groups is 1. The number of ether oxygens (including phenoxy) is 1. The van der Waals surface area contributed by atoms with E-state index >= 15 is 0 Å². The number of amides is 1. The van der Waals surface area contributed by atoms with Gasteiger partial charge in [-0.3, -0.25) is 4.79 Å². The Morgan fingerprint density at radius 1 is 1.33 bits per heavy atom. The summed E-state index contributed by atoms with van der Waals surface area (Å²) in [6, 6.07) is 11.2. The summed E-state index contributed by atoms with van der Waals surface area (Å²) >= 11 is 3.40. The van der Waals surface area contributed by atoms with Gasteiger partial charge >= 0.3 is 0 Å². The van der Waals surface area contributed by atoms with Crippen molar-refractivity contribution in [1.29, 1.82) is 0 Å². The van der Waals surface area contributed by atoms with E-state index in [0.717, 1.165) is 36.0 Å². The van der Waals surface area contributed by atoms with Crippen LogP contribution in [0.15, 0.2) is 45.3 Å². The maximum absolute atomic E-state index is 12.6. The summed E-state index contributed by atoms with van der Waals surface area (Å²) < 4.78 is 12.3. The summed E-state index contributed by atoms with van der Waals surface area (Å²) in [7, 11) is 0. The fourth-order valence-electron chi connectivity index (χ4n) is 2.94. The van der Waals surface area contributed by atoms with Gasteiger partial charge in [-0.15, -0.1) is 0 Å². The zero-order valence-corrected chi connectivity index (χ0v) is 15.0. The molecule has 1 fully saturated rings. The molecule has 6 heteroatoms. The summed E-state index contributed by atoms with van der Waals surface area (Å²) in [4.78, 5) is 14.5. The van der Waals surface area contributed by atoms with Gasteiger partial charge in [0.05, 0.1) is 0 Å². The first-order chi connectivity index (χ1) is 11.7. The van der Waals surface area contributed by atoms with Crippen LogP contribution in [0.3, 0.4) is 0 Å². The molecule has 1 amide bonds. The van der Waals surface area contributed by atoms with Gasteiger partial charge in [0.2, 0.25) is 0 Å². The normalized spacial score (nSPS) is 17.8. The van der Waals surface area contributed by atoms with Crippen LogP contribution in [-0.4, -0.2) is 29.9 Å². The summed E-state index contributed by atoms with van der Waals surface area (Å²) in [5, 5.41) is 0. The van der Waals surface area contributed by atoms with Gasteiger partial charge in [0.1, 0.15) is 18.1 Å². The lowest BCUT2D eigenvalue weighted by Gasteiger charge is -2.34. The minimum absolute atomic E-state index is 0.0844. The smallest absolute Gasteiger partial charge is 0.289 e. The van der Waals surface area contributed by atoms with Crippen molar-refractivity contribution in [3.8, 4) is 5.75 Å². The van der Waals surface area contributed by atoms with Crippen molar-refractivity contribution in [2.45, 2.75) is 31.9 Å². The molecule has 0 spiro atoms. The molecular formula is C18H21BrN2O3. The Kier molecular flexibility index (Phi) is 5.58. The maximum Gasteiger partial charge on any atom is 0.289 e. The molecule has 1 saturated heterocycles. The molecule has 2 aromatic rings. The molecule has 2 heterocycles. The molecule has 1 atom stereocenters. The third-order valence-electron chi connectivity index (χ3n) is 4.21. The van der Waals surface area contributed by atoms with Crippen molar-refractivity contribution in [2.75, 3.05) is 13.1 Å². The van der Waals surface area contributed by atoms with Crippen molar-refractivity contribution in [1.82, 2.24) is 4.90 Å². The second-order valence-electron chi connectivity index (χ2n) is 5.90. The molecule has 24 heavy (non-hydrogen) atoms. The molecule has 1 aromatic heterocycles. The minimum atomic E-state index is -0.0844. The number of hydrogen-bond donors (Lipinski definition) is 1. The SMILES string of the molecule is NCC1CCCCN1C(=O)c1ccc(COc2cccc(Br)c2)o1. The first-order valence-electron chi connectivity index (χ1n) is 8.15. The van der Waals surface area contributed by atoms with Crippen molar-refractivity contribution >= 4 is 21.8 Å². The van der Waals surface area contributed by atoms with Crippen molar-refractivity contribution in [2.24, 2.45) is 5.73 Å². The topological polar surface area (TPSA) is 68.7 Å². The van der Waals surface area contributed by atoms with Gasteiger partial charge in [-0.1, -0.05) is 22.0 Å². The van der Waals surface area contributed by atoms with Crippen molar-refractivity contribution in [3.05, 3.63) is 52.4 Å². The highest BCUT2D eigenvalue weighted by Crippen LogP contribution is 2.22. The van der Waals surface area contributed by atoms with Crippen LogP contribution in [0.5, 0.6) is 5.75 Å². The number of nitrogens with zero attached hydrogens (tertiary/aromatic N) is 1. The molecule has 0 radical (unpaired) electrons. The number of carbonyl (C=O) groups excluding carboxylic acids is 1. The molecule has 3 rings (SSSR count). The number of hydrogen-bond acceptors (Lipinski definition) is 4. The monoisotopic (exact) mass is 392 g/mol. The average molecular weight is 393 g/mol. The molecule has 1 aliphatic rings. The van der Waals surface area contributed by atoms with Gasteiger partial charge < -0.3 is 19.8 Å². The summed E-state index contributed by atoms with van der Waals surface area (Å²) in [5.74, 6) is 1.63. The third-order valence-corrected chi connectivity index (χ3v) is 4.70. The van der Waals surface area contributed by atoms with E-state index in [0.29, 0.717) is 18.1 Å². The predicted molar refractivity (Wildman–Crippen MR) is 94.9 cm³/mol. The van der Waals surface area contributed by atoms with Gasteiger partial charge in [0.25, 0.3) is 5.91 Å². The Hall–Kier alpha value is -1.79. The molecule has 0 aliphatic carbocycles. The van der Waals surface area contributed by atoms with E-state index in [9.17, 15) is 4.79 Å². The lowest BCUT2D eigenvalue weighted by atomic mass is 10.0. The molecule has 0 bridgehead atoms. The zero-order chi connectivity index (χ0) is 16.9. The molecular weight excluding hydrogens is 372 g/mol. The summed E-state index contributed by atoms with van der Waals surface area (Å²) in [6.07, 6.45) is 3.10. The third kappa shape index (κ3) is 3.99. The number of furan rings is 1. The molecule has 1 unspecified atom stereocenters.